The molecule has 0 spiro atoms. The fourth-order valence-electron chi connectivity index (χ4n) is 2.32. The highest BCUT2D eigenvalue weighted by atomic mass is 16.5. The fraction of sp³-hybridized carbons (Fsp3) is 0.667. The average molecular weight is 281 g/mol. The summed E-state index contributed by atoms with van der Waals surface area (Å²) in [5.74, 6) is 0. The van der Waals surface area contributed by atoms with Crippen molar-refractivity contribution < 1.29 is 9.47 Å². The van der Waals surface area contributed by atoms with Gasteiger partial charge in [0.05, 0.1) is 19.3 Å². The van der Waals surface area contributed by atoms with E-state index in [1.165, 1.54) is 5.56 Å². The monoisotopic (exact) mass is 281 g/mol. The highest BCUT2D eigenvalue weighted by Crippen LogP contribution is 2.24. The van der Waals surface area contributed by atoms with Crippen molar-refractivity contribution in [3.63, 3.8) is 0 Å². The van der Waals surface area contributed by atoms with Gasteiger partial charge in [-0.1, -0.05) is 6.92 Å². The van der Waals surface area contributed by atoms with E-state index in [1.807, 2.05) is 24.5 Å². The molecule has 2 N–H and O–H groups in total. The predicted molar refractivity (Wildman–Crippen MR) is 80.6 cm³/mol. The molecule has 5 nitrogen and oxygen atoms in total. The third kappa shape index (κ3) is 5.17. The zero-order valence-corrected chi connectivity index (χ0v) is 12.8. The minimum atomic E-state index is 0.0751. The Morgan fingerprint density at radius 3 is 2.15 bits per heavy atom. The zero-order valence-electron chi connectivity index (χ0n) is 12.8. The first kappa shape index (κ1) is 17.0. The van der Waals surface area contributed by atoms with E-state index in [9.17, 15) is 0 Å². The van der Waals surface area contributed by atoms with Crippen LogP contribution < -0.4 is 5.73 Å². The van der Waals surface area contributed by atoms with Crippen LogP contribution in [0, 0.1) is 0 Å². The lowest BCUT2D eigenvalue weighted by atomic mass is 9.97. The summed E-state index contributed by atoms with van der Waals surface area (Å²) in [5, 5.41) is 0. The van der Waals surface area contributed by atoms with Crippen molar-refractivity contribution in [2.24, 2.45) is 5.73 Å². The Morgan fingerprint density at radius 2 is 1.70 bits per heavy atom. The Kier molecular flexibility index (Phi) is 8.37. The number of hydrogen-bond donors (Lipinski definition) is 1. The van der Waals surface area contributed by atoms with E-state index >= 15 is 0 Å². The summed E-state index contributed by atoms with van der Waals surface area (Å²) in [4.78, 5) is 6.42. The minimum absolute atomic E-state index is 0.0751. The maximum Gasteiger partial charge on any atom is 0.0589 e. The maximum absolute atomic E-state index is 6.35. The molecule has 1 rings (SSSR count). The number of nitrogens with zero attached hydrogens (tertiary/aromatic N) is 2. The molecule has 0 aliphatic heterocycles. The van der Waals surface area contributed by atoms with Crippen LogP contribution in [0.1, 0.15) is 24.9 Å². The second-order valence-electron chi connectivity index (χ2n) is 4.82. The van der Waals surface area contributed by atoms with Crippen LogP contribution in [-0.2, 0) is 9.47 Å². The number of nitrogens with two attached hydrogens (primary N) is 1. The van der Waals surface area contributed by atoms with Gasteiger partial charge in [0.25, 0.3) is 0 Å². The molecule has 1 aromatic rings. The number of methoxy groups -OCH3 is 2. The molecule has 0 aliphatic rings. The Morgan fingerprint density at radius 1 is 1.15 bits per heavy atom. The summed E-state index contributed by atoms with van der Waals surface area (Å²) in [6.45, 7) is 5.15. The standard InChI is InChI=1S/C15H27N3O2/c1-4-14(16)15(13-5-7-17-8-6-13)18(9-11-19-2)10-12-20-3/h5-8,14-15H,4,9-12,16H2,1-3H3. The van der Waals surface area contributed by atoms with Crippen molar-refractivity contribution in [1.82, 2.24) is 9.88 Å². The Hall–Kier alpha value is -1.01. The topological polar surface area (TPSA) is 60.6 Å². The summed E-state index contributed by atoms with van der Waals surface area (Å²) in [6.07, 6.45) is 4.55. The van der Waals surface area contributed by atoms with E-state index in [0.29, 0.717) is 13.2 Å². The van der Waals surface area contributed by atoms with E-state index in [2.05, 4.69) is 16.8 Å². The van der Waals surface area contributed by atoms with Crippen molar-refractivity contribution in [2.75, 3.05) is 40.5 Å². The number of rotatable bonds is 10. The van der Waals surface area contributed by atoms with Gasteiger partial charge in [-0.15, -0.1) is 0 Å². The predicted octanol–water partition coefficient (Wildman–Crippen LogP) is 1.45. The number of ether oxygens (including phenoxy) is 2. The van der Waals surface area contributed by atoms with E-state index in [-0.39, 0.29) is 12.1 Å². The molecule has 0 saturated carbocycles. The van der Waals surface area contributed by atoms with Gasteiger partial charge >= 0.3 is 0 Å². The van der Waals surface area contributed by atoms with E-state index < -0.39 is 0 Å². The van der Waals surface area contributed by atoms with Crippen molar-refractivity contribution >= 4 is 0 Å². The Labute approximate surface area is 122 Å². The minimum Gasteiger partial charge on any atom is -0.383 e. The van der Waals surface area contributed by atoms with E-state index in [0.717, 1.165) is 19.5 Å². The van der Waals surface area contributed by atoms with Crippen LogP contribution in [0.2, 0.25) is 0 Å². The number of aromatic nitrogens is 1. The summed E-state index contributed by atoms with van der Waals surface area (Å²) < 4.78 is 10.4. The van der Waals surface area contributed by atoms with Crippen LogP contribution in [0.3, 0.4) is 0 Å². The van der Waals surface area contributed by atoms with E-state index in [4.69, 9.17) is 15.2 Å². The second-order valence-corrected chi connectivity index (χ2v) is 4.82. The highest BCUT2D eigenvalue weighted by molar-refractivity contribution is 5.17. The van der Waals surface area contributed by atoms with Crippen molar-refractivity contribution in [1.29, 1.82) is 0 Å². The Bertz CT molecular complexity index is 340. The van der Waals surface area contributed by atoms with Gasteiger partial charge in [-0.3, -0.25) is 9.88 Å². The molecule has 0 radical (unpaired) electrons. The first-order valence-electron chi connectivity index (χ1n) is 7.12. The van der Waals surface area contributed by atoms with Gasteiger partial charge in [0, 0.05) is 45.7 Å². The van der Waals surface area contributed by atoms with E-state index in [1.54, 1.807) is 14.2 Å². The molecule has 0 aromatic carbocycles. The van der Waals surface area contributed by atoms with Gasteiger partial charge in [-0.25, -0.2) is 0 Å². The molecular weight excluding hydrogens is 254 g/mol. The van der Waals surface area contributed by atoms with Crippen LogP contribution >= 0.6 is 0 Å². The van der Waals surface area contributed by atoms with Gasteiger partial charge in [0.15, 0.2) is 0 Å². The lowest BCUT2D eigenvalue weighted by Crippen LogP contribution is -2.43. The molecule has 1 aromatic heterocycles. The van der Waals surface area contributed by atoms with Crippen molar-refractivity contribution in [2.45, 2.75) is 25.4 Å². The molecule has 114 valence electrons. The highest BCUT2D eigenvalue weighted by Gasteiger charge is 2.25. The lowest BCUT2D eigenvalue weighted by molar-refractivity contribution is 0.0775. The summed E-state index contributed by atoms with van der Waals surface area (Å²) in [7, 11) is 3.44. The lowest BCUT2D eigenvalue weighted by Gasteiger charge is -2.35. The molecule has 5 heteroatoms. The molecular formula is C15H27N3O2. The van der Waals surface area contributed by atoms with Crippen LogP contribution in [0.4, 0.5) is 0 Å². The maximum atomic E-state index is 6.35. The number of hydrogen-bond acceptors (Lipinski definition) is 5. The third-order valence-corrected chi connectivity index (χ3v) is 3.48. The van der Waals surface area contributed by atoms with Crippen LogP contribution in [-0.4, -0.2) is 56.4 Å². The molecule has 0 bridgehead atoms. The quantitative estimate of drug-likeness (QED) is 0.703. The van der Waals surface area contributed by atoms with Crippen molar-refractivity contribution in [3.05, 3.63) is 30.1 Å². The van der Waals surface area contributed by atoms with Crippen molar-refractivity contribution in [3.8, 4) is 0 Å². The van der Waals surface area contributed by atoms with Gasteiger partial charge in [0.2, 0.25) is 0 Å². The van der Waals surface area contributed by atoms with Gasteiger partial charge in [0.1, 0.15) is 0 Å². The fourth-order valence-corrected chi connectivity index (χ4v) is 2.32. The molecule has 2 unspecified atom stereocenters. The molecule has 0 aliphatic carbocycles. The average Bonchev–Trinajstić information content (AvgIpc) is 2.50. The molecule has 20 heavy (non-hydrogen) atoms. The Balaban J connectivity index is 2.91. The van der Waals surface area contributed by atoms with Gasteiger partial charge < -0.3 is 15.2 Å². The van der Waals surface area contributed by atoms with Gasteiger partial charge in [-0.2, -0.15) is 0 Å². The molecule has 1 heterocycles. The molecule has 0 amide bonds. The summed E-state index contributed by atoms with van der Waals surface area (Å²) >= 11 is 0. The van der Waals surface area contributed by atoms with Crippen LogP contribution in [0.25, 0.3) is 0 Å². The third-order valence-electron chi connectivity index (χ3n) is 3.48. The first-order valence-corrected chi connectivity index (χ1v) is 7.12. The summed E-state index contributed by atoms with van der Waals surface area (Å²) in [5.41, 5.74) is 7.55. The smallest absolute Gasteiger partial charge is 0.0589 e. The molecule has 0 fully saturated rings. The zero-order chi connectivity index (χ0) is 14.8. The SMILES string of the molecule is CCC(N)C(c1ccncc1)N(CCOC)CCOC. The molecule has 2 atom stereocenters. The normalized spacial score (nSPS) is 14.4. The largest absolute Gasteiger partial charge is 0.383 e. The number of pyridine rings is 1. The summed E-state index contributed by atoms with van der Waals surface area (Å²) in [6, 6.07) is 4.30. The second kappa shape index (κ2) is 9.83. The van der Waals surface area contributed by atoms with Crippen LogP contribution in [0.15, 0.2) is 24.5 Å². The first-order chi connectivity index (χ1) is 9.74. The van der Waals surface area contributed by atoms with Crippen LogP contribution in [0.5, 0.6) is 0 Å². The van der Waals surface area contributed by atoms with Gasteiger partial charge in [-0.05, 0) is 24.1 Å². The molecule has 0 saturated heterocycles.